The molecule has 21 heavy (non-hydrogen) atoms. The zero-order valence-electron chi connectivity index (χ0n) is 12.3. The van der Waals surface area contributed by atoms with Crippen molar-refractivity contribution in [2.45, 2.75) is 44.6 Å². The molecule has 1 amide bonds. The highest BCUT2D eigenvalue weighted by molar-refractivity contribution is 5.98. The molecule has 3 heteroatoms. The van der Waals surface area contributed by atoms with Gasteiger partial charge in [-0.2, -0.15) is 0 Å². The first-order chi connectivity index (χ1) is 10.3. The molecule has 4 rings (SSSR count). The lowest BCUT2D eigenvalue weighted by Crippen LogP contribution is -2.49. The van der Waals surface area contributed by atoms with Crippen molar-refractivity contribution in [2.75, 3.05) is 6.54 Å². The summed E-state index contributed by atoms with van der Waals surface area (Å²) in [6, 6.07) is 10.6. The average molecular weight is 282 g/mol. The Hall–Kier alpha value is -1.77. The molecule has 2 atom stereocenters. The van der Waals surface area contributed by atoms with Crippen molar-refractivity contribution in [3.63, 3.8) is 0 Å². The molecule has 1 saturated heterocycles. The van der Waals surface area contributed by atoms with E-state index in [2.05, 4.69) is 16.0 Å². The van der Waals surface area contributed by atoms with E-state index in [-0.39, 0.29) is 5.91 Å². The predicted octanol–water partition coefficient (Wildman–Crippen LogP) is 3.96. The number of benzene rings is 1. The lowest BCUT2D eigenvalue weighted by atomic mass is 9.78. The first-order valence-electron chi connectivity index (χ1n) is 8.21. The van der Waals surface area contributed by atoms with E-state index in [1.54, 1.807) is 0 Å². The van der Waals surface area contributed by atoms with Crippen molar-refractivity contribution < 1.29 is 4.79 Å². The molecule has 1 aromatic carbocycles. The second-order valence-electron chi connectivity index (χ2n) is 6.52. The van der Waals surface area contributed by atoms with Gasteiger partial charge in [-0.3, -0.25) is 4.79 Å². The molecule has 2 aromatic rings. The number of likely N-dealkylation sites (tertiary alicyclic amines) is 1. The van der Waals surface area contributed by atoms with Crippen LogP contribution in [0.3, 0.4) is 0 Å². The molecule has 0 radical (unpaired) electrons. The first kappa shape index (κ1) is 12.9. The Bertz CT molecular complexity index is 625. The van der Waals surface area contributed by atoms with E-state index in [0.29, 0.717) is 6.04 Å². The number of carbonyl (C=O) groups excluding carboxylic acids is 1. The quantitative estimate of drug-likeness (QED) is 0.844. The Morgan fingerprint density at radius 2 is 1.90 bits per heavy atom. The molecule has 0 spiro atoms. The average Bonchev–Trinajstić information content (AvgIpc) is 2.97. The topological polar surface area (TPSA) is 36.1 Å². The molecule has 1 aliphatic carbocycles. The molecule has 1 saturated carbocycles. The Balaban J connectivity index is 1.63. The summed E-state index contributed by atoms with van der Waals surface area (Å²) in [7, 11) is 0. The molecular formula is C18H22N2O. The Morgan fingerprint density at radius 1 is 1.10 bits per heavy atom. The first-order valence-corrected chi connectivity index (χ1v) is 8.21. The summed E-state index contributed by atoms with van der Waals surface area (Å²) in [5.74, 6) is 0.934. The van der Waals surface area contributed by atoms with Gasteiger partial charge in [0.15, 0.2) is 0 Å². The number of amides is 1. The van der Waals surface area contributed by atoms with Crippen molar-refractivity contribution in [1.82, 2.24) is 9.88 Å². The fourth-order valence-corrected chi connectivity index (χ4v) is 4.22. The van der Waals surface area contributed by atoms with Crippen LogP contribution >= 0.6 is 0 Å². The summed E-state index contributed by atoms with van der Waals surface area (Å²) >= 11 is 0. The number of H-pyrrole nitrogens is 1. The molecule has 3 nitrogen and oxygen atoms in total. The Labute approximate surface area is 125 Å². The van der Waals surface area contributed by atoms with E-state index in [4.69, 9.17) is 0 Å². The summed E-state index contributed by atoms with van der Waals surface area (Å²) < 4.78 is 0. The number of nitrogens with one attached hydrogen (secondary N) is 1. The van der Waals surface area contributed by atoms with Crippen LogP contribution < -0.4 is 0 Å². The summed E-state index contributed by atoms with van der Waals surface area (Å²) in [5, 5.41) is 1.12. The molecule has 1 aliphatic heterocycles. The second kappa shape index (κ2) is 5.21. The van der Waals surface area contributed by atoms with Crippen molar-refractivity contribution in [1.29, 1.82) is 0 Å². The summed E-state index contributed by atoms with van der Waals surface area (Å²) in [6.07, 6.45) is 7.58. The second-order valence-corrected chi connectivity index (χ2v) is 6.52. The van der Waals surface area contributed by atoms with E-state index in [1.807, 2.05) is 24.3 Å². The Kier molecular flexibility index (Phi) is 3.21. The van der Waals surface area contributed by atoms with Crippen LogP contribution in [0.4, 0.5) is 0 Å². The van der Waals surface area contributed by atoms with Gasteiger partial charge >= 0.3 is 0 Å². The highest BCUT2D eigenvalue weighted by Gasteiger charge is 2.36. The number of nitrogens with zero attached hydrogens (tertiary/aromatic N) is 1. The van der Waals surface area contributed by atoms with Crippen molar-refractivity contribution in [3.05, 3.63) is 36.0 Å². The molecule has 2 fully saturated rings. The van der Waals surface area contributed by atoms with Crippen LogP contribution in [0.25, 0.3) is 10.9 Å². The van der Waals surface area contributed by atoms with Gasteiger partial charge in [-0.1, -0.05) is 31.0 Å². The van der Waals surface area contributed by atoms with Gasteiger partial charge in [-0.05, 0) is 43.7 Å². The largest absolute Gasteiger partial charge is 0.351 e. The standard InChI is InChI=1S/C18H22N2O/c21-18(16-12-14-7-1-3-9-15(14)19-16)20-11-5-8-13-6-2-4-10-17(13)20/h1,3,7,9,12-13,17,19H,2,4-6,8,10-11H2. The molecule has 1 N–H and O–H groups in total. The maximum atomic E-state index is 12.9. The van der Waals surface area contributed by atoms with Gasteiger partial charge in [0.1, 0.15) is 5.69 Å². The number of hydrogen-bond acceptors (Lipinski definition) is 1. The third-order valence-electron chi connectivity index (χ3n) is 5.26. The summed E-state index contributed by atoms with van der Waals surface area (Å²) in [6.45, 7) is 0.926. The van der Waals surface area contributed by atoms with Crippen molar-refractivity contribution >= 4 is 16.8 Å². The fraction of sp³-hybridized carbons (Fsp3) is 0.500. The van der Waals surface area contributed by atoms with E-state index >= 15 is 0 Å². The lowest BCUT2D eigenvalue weighted by Gasteiger charge is -2.44. The van der Waals surface area contributed by atoms with Crippen LogP contribution in [0, 0.1) is 5.92 Å². The van der Waals surface area contributed by atoms with Gasteiger partial charge in [0.25, 0.3) is 5.91 Å². The minimum absolute atomic E-state index is 0.197. The zero-order chi connectivity index (χ0) is 14.2. The molecule has 110 valence electrons. The number of aromatic amines is 1. The van der Waals surface area contributed by atoms with Crippen LogP contribution in [0.15, 0.2) is 30.3 Å². The predicted molar refractivity (Wildman–Crippen MR) is 84.3 cm³/mol. The van der Waals surface area contributed by atoms with Crippen LogP contribution in [0.5, 0.6) is 0 Å². The van der Waals surface area contributed by atoms with Gasteiger partial charge in [-0.25, -0.2) is 0 Å². The molecule has 2 unspecified atom stereocenters. The normalized spacial score (nSPS) is 25.8. The van der Waals surface area contributed by atoms with Crippen LogP contribution in [-0.2, 0) is 0 Å². The van der Waals surface area contributed by atoms with Crippen LogP contribution in [0.2, 0.25) is 0 Å². The van der Waals surface area contributed by atoms with Gasteiger partial charge in [0, 0.05) is 23.5 Å². The molecule has 0 bridgehead atoms. The number of fused-ring (bicyclic) bond motifs is 2. The third kappa shape index (κ3) is 2.25. The minimum atomic E-state index is 0.197. The zero-order valence-corrected chi connectivity index (χ0v) is 12.3. The van der Waals surface area contributed by atoms with Gasteiger partial charge in [-0.15, -0.1) is 0 Å². The van der Waals surface area contributed by atoms with Gasteiger partial charge < -0.3 is 9.88 Å². The maximum absolute atomic E-state index is 12.9. The number of rotatable bonds is 1. The van der Waals surface area contributed by atoms with E-state index < -0.39 is 0 Å². The molecule has 2 aliphatic rings. The number of para-hydroxylation sites is 1. The van der Waals surface area contributed by atoms with E-state index in [9.17, 15) is 4.79 Å². The molecular weight excluding hydrogens is 260 g/mol. The monoisotopic (exact) mass is 282 g/mol. The van der Waals surface area contributed by atoms with Crippen LogP contribution in [0.1, 0.15) is 49.0 Å². The summed E-state index contributed by atoms with van der Waals surface area (Å²) in [5.41, 5.74) is 1.81. The fourth-order valence-electron chi connectivity index (χ4n) is 4.22. The highest BCUT2D eigenvalue weighted by Crippen LogP contribution is 2.36. The lowest BCUT2D eigenvalue weighted by molar-refractivity contribution is 0.0386. The maximum Gasteiger partial charge on any atom is 0.270 e. The number of carbonyl (C=O) groups is 1. The summed E-state index contributed by atoms with van der Waals surface area (Å²) in [4.78, 5) is 18.4. The van der Waals surface area contributed by atoms with Crippen molar-refractivity contribution in [3.8, 4) is 0 Å². The minimum Gasteiger partial charge on any atom is -0.351 e. The highest BCUT2D eigenvalue weighted by atomic mass is 16.2. The number of piperidine rings is 1. The van der Waals surface area contributed by atoms with E-state index in [1.165, 1.54) is 32.1 Å². The van der Waals surface area contributed by atoms with Crippen LogP contribution in [-0.4, -0.2) is 28.4 Å². The number of aromatic nitrogens is 1. The molecule has 2 heterocycles. The van der Waals surface area contributed by atoms with Crippen molar-refractivity contribution in [2.24, 2.45) is 5.92 Å². The SMILES string of the molecule is O=C(c1cc2ccccc2[nH]1)N1CCCC2CCCCC21. The van der Waals surface area contributed by atoms with Gasteiger partial charge in [0.2, 0.25) is 0 Å². The molecule has 1 aromatic heterocycles. The smallest absolute Gasteiger partial charge is 0.270 e. The van der Waals surface area contributed by atoms with Gasteiger partial charge in [0.05, 0.1) is 0 Å². The Morgan fingerprint density at radius 3 is 2.81 bits per heavy atom. The third-order valence-corrected chi connectivity index (χ3v) is 5.26. The number of hydrogen-bond donors (Lipinski definition) is 1. The van der Waals surface area contributed by atoms with E-state index in [0.717, 1.165) is 35.5 Å².